The van der Waals surface area contributed by atoms with Crippen molar-refractivity contribution in [3.63, 3.8) is 0 Å². The maximum Gasteiger partial charge on any atom is 0.494 e. The van der Waals surface area contributed by atoms with Gasteiger partial charge in [0.05, 0.1) is 52.5 Å². The molecule has 1 aliphatic heterocycles. The van der Waals surface area contributed by atoms with E-state index in [1.54, 1.807) is 30.0 Å². The molecule has 1 amide bonds. The fraction of sp³-hybridized carbons (Fsp3) is 0.455. The highest BCUT2D eigenvalue weighted by Crippen LogP contribution is 2.37. The Morgan fingerprint density at radius 1 is 0.851 bits per heavy atom. The fourth-order valence-corrected chi connectivity index (χ4v) is 4.81. The Hall–Kier alpha value is -4.56. The summed E-state index contributed by atoms with van der Waals surface area (Å²) in [7, 11) is 5.31. The predicted octanol–water partition coefficient (Wildman–Crippen LogP) is 3.25. The van der Waals surface area contributed by atoms with Crippen LogP contribution in [-0.4, -0.2) is 74.4 Å². The zero-order valence-electron chi connectivity index (χ0n) is 28.8. The molecule has 1 saturated heterocycles. The number of aromatic nitrogens is 2. The molecule has 2 heterocycles. The molecule has 1 aromatic heterocycles. The summed E-state index contributed by atoms with van der Waals surface area (Å²) in [5.41, 5.74) is 14.2. The van der Waals surface area contributed by atoms with E-state index in [0.29, 0.717) is 28.3 Å². The predicted molar refractivity (Wildman–Crippen MR) is 178 cm³/mol. The maximum absolute atomic E-state index is 11.9. The van der Waals surface area contributed by atoms with E-state index in [-0.39, 0.29) is 42.2 Å². The molecule has 0 saturated carbocycles. The molecule has 3 aromatic rings. The average Bonchev–Trinajstić information content (AvgIpc) is 3.49. The maximum atomic E-state index is 11.9. The molecule has 0 atom stereocenters. The van der Waals surface area contributed by atoms with Gasteiger partial charge in [-0.05, 0) is 59.1 Å². The van der Waals surface area contributed by atoms with E-state index in [1.807, 2.05) is 59.7 Å². The van der Waals surface area contributed by atoms with Crippen LogP contribution in [0.3, 0.4) is 0 Å². The van der Waals surface area contributed by atoms with E-state index in [1.165, 1.54) is 21.3 Å². The topological polar surface area (TPSA) is 176 Å². The number of nitrogen functional groups attached to an aromatic ring is 1. The van der Waals surface area contributed by atoms with Gasteiger partial charge in [0.25, 0.3) is 5.91 Å². The zero-order chi connectivity index (χ0) is 35.3. The molecule has 13 nitrogen and oxygen atoms in total. The quantitative estimate of drug-likeness (QED) is 0.243. The number of benzene rings is 2. The van der Waals surface area contributed by atoms with Gasteiger partial charge >= 0.3 is 19.1 Å². The first-order valence-corrected chi connectivity index (χ1v) is 15.0. The van der Waals surface area contributed by atoms with E-state index >= 15 is 0 Å². The van der Waals surface area contributed by atoms with Gasteiger partial charge in [-0.25, -0.2) is 4.68 Å². The zero-order valence-corrected chi connectivity index (χ0v) is 28.8. The fourth-order valence-electron chi connectivity index (χ4n) is 4.81. The Morgan fingerprint density at radius 2 is 1.34 bits per heavy atom. The second-order valence-electron chi connectivity index (χ2n) is 12.2. The summed E-state index contributed by atoms with van der Waals surface area (Å²) in [6, 6.07) is 10.7. The first kappa shape index (κ1) is 36.9. The van der Waals surface area contributed by atoms with Crippen LogP contribution in [0.25, 0.3) is 11.3 Å². The molecule has 4 N–H and O–H groups in total. The lowest BCUT2D eigenvalue weighted by Crippen LogP contribution is -2.41. The Balaban J connectivity index is 0.000000257. The second-order valence-corrected chi connectivity index (χ2v) is 12.2. The summed E-state index contributed by atoms with van der Waals surface area (Å²) in [5.74, 6) is -0.0143. The van der Waals surface area contributed by atoms with Crippen molar-refractivity contribution in [3.05, 3.63) is 53.1 Å². The summed E-state index contributed by atoms with van der Waals surface area (Å²) in [4.78, 5) is 34.8. The molecular weight excluding hydrogens is 607 g/mol. The standard InChI is InChI=1S/C17H22N4O4.C16H23BO5/c1-9(2)21-16(18)14(17(19)23)15(20-21)11-6-5-10(8-13(22)25-4)12(7-11)24-3;1-15(2)16(3,4)22-17(21-15)12-8-7-11(9-14(18)20-6)13(10-12)19-5/h5-7,9H,8,18H2,1-4H3,(H2,19,23);7-8,10H,9H2,1-6H3. The number of nitrogens with two attached hydrogens (primary N) is 2. The Labute approximate surface area is 275 Å². The van der Waals surface area contributed by atoms with E-state index in [9.17, 15) is 14.4 Å². The van der Waals surface area contributed by atoms with Crippen molar-refractivity contribution in [1.29, 1.82) is 0 Å². The summed E-state index contributed by atoms with van der Waals surface area (Å²) < 4.78 is 33.7. The normalized spacial score (nSPS) is 14.7. The molecule has 47 heavy (non-hydrogen) atoms. The van der Waals surface area contributed by atoms with Gasteiger partial charge < -0.3 is 39.7 Å². The van der Waals surface area contributed by atoms with Gasteiger partial charge in [-0.15, -0.1) is 0 Å². The minimum absolute atomic E-state index is 0.0349. The largest absolute Gasteiger partial charge is 0.496 e. The smallest absolute Gasteiger partial charge is 0.494 e. The average molecular weight is 653 g/mol. The molecule has 0 aliphatic carbocycles. The third-order valence-corrected chi connectivity index (χ3v) is 8.21. The van der Waals surface area contributed by atoms with Crippen molar-refractivity contribution in [2.75, 3.05) is 34.2 Å². The van der Waals surface area contributed by atoms with Crippen LogP contribution in [0, 0.1) is 0 Å². The summed E-state index contributed by atoms with van der Waals surface area (Å²) >= 11 is 0. The number of rotatable bonds is 10. The number of carbonyl (C=O) groups excluding carboxylic acids is 3. The lowest BCUT2D eigenvalue weighted by Gasteiger charge is -2.32. The SMILES string of the molecule is COC(=O)Cc1ccc(-c2nn(C(C)C)c(N)c2C(N)=O)cc1OC.COC(=O)Cc1ccc(B2OC(C)(C)C(C)(C)O2)cc1OC. The van der Waals surface area contributed by atoms with Gasteiger partial charge in [-0.3, -0.25) is 14.4 Å². The highest BCUT2D eigenvalue weighted by molar-refractivity contribution is 6.62. The molecule has 0 spiro atoms. The van der Waals surface area contributed by atoms with Gasteiger partial charge in [0.2, 0.25) is 0 Å². The van der Waals surface area contributed by atoms with E-state index < -0.39 is 24.2 Å². The van der Waals surface area contributed by atoms with Crippen molar-refractivity contribution in [1.82, 2.24) is 9.78 Å². The van der Waals surface area contributed by atoms with E-state index in [4.69, 9.17) is 35.0 Å². The molecule has 0 bridgehead atoms. The highest BCUT2D eigenvalue weighted by atomic mass is 16.7. The third-order valence-electron chi connectivity index (χ3n) is 8.21. The van der Waals surface area contributed by atoms with Crippen LogP contribution in [0.5, 0.6) is 11.5 Å². The molecule has 0 unspecified atom stereocenters. The molecule has 0 radical (unpaired) electrons. The Kier molecular flexibility index (Phi) is 11.7. The van der Waals surface area contributed by atoms with Crippen molar-refractivity contribution in [2.45, 2.75) is 71.6 Å². The van der Waals surface area contributed by atoms with Crippen LogP contribution in [0.1, 0.15) is 69.1 Å². The molecule has 2 aromatic carbocycles. The van der Waals surface area contributed by atoms with Crippen molar-refractivity contribution in [2.24, 2.45) is 5.73 Å². The van der Waals surface area contributed by atoms with Crippen LogP contribution >= 0.6 is 0 Å². The third kappa shape index (κ3) is 8.24. The molecular formula is C33H45BN4O9. The molecule has 1 fully saturated rings. The molecule has 14 heteroatoms. The van der Waals surface area contributed by atoms with E-state index in [2.05, 4.69) is 9.84 Å². The van der Waals surface area contributed by atoms with Crippen LogP contribution in [-0.2, 0) is 41.2 Å². The van der Waals surface area contributed by atoms with Gasteiger partial charge in [0.1, 0.15) is 28.6 Å². The van der Waals surface area contributed by atoms with Gasteiger partial charge in [-0.2, -0.15) is 5.10 Å². The molecule has 4 rings (SSSR count). The number of amides is 1. The summed E-state index contributed by atoms with van der Waals surface area (Å²) in [6.07, 6.45) is 0.245. The number of hydrogen-bond acceptors (Lipinski definition) is 11. The van der Waals surface area contributed by atoms with Crippen LogP contribution in [0.2, 0.25) is 0 Å². The molecule has 1 aliphatic rings. The van der Waals surface area contributed by atoms with Crippen LogP contribution in [0.4, 0.5) is 5.82 Å². The highest BCUT2D eigenvalue weighted by Gasteiger charge is 2.51. The van der Waals surface area contributed by atoms with Crippen molar-refractivity contribution < 1.29 is 42.6 Å². The first-order valence-electron chi connectivity index (χ1n) is 15.0. The monoisotopic (exact) mass is 652 g/mol. The lowest BCUT2D eigenvalue weighted by atomic mass is 9.78. The van der Waals surface area contributed by atoms with Gasteiger partial charge in [-0.1, -0.05) is 24.3 Å². The summed E-state index contributed by atoms with van der Waals surface area (Å²) in [5, 5.41) is 4.43. The lowest BCUT2D eigenvalue weighted by molar-refractivity contribution is -0.140. The number of primary amides is 1. The second kappa shape index (κ2) is 14.9. The number of carbonyl (C=O) groups is 3. The minimum atomic E-state index is -0.656. The number of nitrogens with zero attached hydrogens (tertiary/aromatic N) is 2. The first-order chi connectivity index (χ1) is 22.0. The van der Waals surface area contributed by atoms with Gasteiger partial charge in [0, 0.05) is 22.7 Å². The molecule has 254 valence electrons. The number of esters is 2. The van der Waals surface area contributed by atoms with Crippen LogP contribution < -0.4 is 26.4 Å². The number of hydrogen-bond donors (Lipinski definition) is 2. The number of ether oxygens (including phenoxy) is 4. The Bertz CT molecular complexity index is 1600. The van der Waals surface area contributed by atoms with E-state index in [0.717, 1.165) is 11.0 Å². The summed E-state index contributed by atoms with van der Waals surface area (Å²) in [6.45, 7) is 11.8. The minimum Gasteiger partial charge on any atom is -0.496 e. The van der Waals surface area contributed by atoms with Gasteiger partial charge in [0.15, 0.2) is 0 Å². The Morgan fingerprint density at radius 3 is 1.79 bits per heavy atom. The van der Waals surface area contributed by atoms with Crippen LogP contribution in [0.15, 0.2) is 36.4 Å². The van der Waals surface area contributed by atoms with Crippen molar-refractivity contribution in [3.8, 4) is 22.8 Å². The number of anilines is 1. The number of methoxy groups -OCH3 is 4. The van der Waals surface area contributed by atoms with Crippen molar-refractivity contribution >= 4 is 36.2 Å².